The summed E-state index contributed by atoms with van der Waals surface area (Å²) in [5, 5.41) is 0.662. The van der Waals surface area contributed by atoms with E-state index in [9.17, 15) is 4.39 Å². The molecule has 0 spiro atoms. The van der Waals surface area contributed by atoms with Crippen molar-refractivity contribution in [1.29, 1.82) is 0 Å². The normalized spacial score (nSPS) is 10.7. The topological polar surface area (TPSA) is 51.8 Å². The lowest BCUT2D eigenvalue weighted by Crippen LogP contribution is -1.98. The van der Waals surface area contributed by atoms with Crippen LogP contribution in [0.15, 0.2) is 48.5 Å². The molecular formula is C14H10FN3. The van der Waals surface area contributed by atoms with Gasteiger partial charge in [-0.05, 0) is 18.2 Å². The first kappa shape index (κ1) is 10.7. The molecule has 0 amide bonds. The zero-order chi connectivity index (χ0) is 12.5. The minimum absolute atomic E-state index is 0.188. The summed E-state index contributed by atoms with van der Waals surface area (Å²) in [6.07, 6.45) is 0. The van der Waals surface area contributed by atoms with Gasteiger partial charge in [0.05, 0.1) is 11.2 Å². The highest BCUT2D eigenvalue weighted by atomic mass is 19.1. The Labute approximate surface area is 103 Å². The maximum atomic E-state index is 13.3. The molecule has 4 heteroatoms. The number of rotatable bonds is 1. The SMILES string of the molecule is Nc1nc(-c2ccccc2)c2cc(F)ccc2n1. The van der Waals surface area contributed by atoms with Crippen molar-refractivity contribution in [3.05, 3.63) is 54.3 Å². The number of anilines is 1. The number of hydrogen-bond acceptors (Lipinski definition) is 3. The third-order valence-electron chi connectivity index (χ3n) is 2.72. The molecule has 0 unspecified atom stereocenters. The molecule has 0 atom stereocenters. The third-order valence-corrected chi connectivity index (χ3v) is 2.72. The Balaban J connectivity index is 2.37. The van der Waals surface area contributed by atoms with Crippen LogP contribution in [0.25, 0.3) is 22.2 Å². The largest absolute Gasteiger partial charge is 0.368 e. The molecule has 0 saturated carbocycles. The number of nitrogens with two attached hydrogens (primary N) is 1. The fourth-order valence-corrected chi connectivity index (χ4v) is 1.93. The first-order valence-corrected chi connectivity index (χ1v) is 5.52. The second kappa shape index (κ2) is 4.07. The lowest BCUT2D eigenvalue weighted by Gasteiger charge is -2.06. The van der Waals surface area contributed by atoms with Crippen LogP contribution >= 0.6 is 0 Å². The van der Waals surface area contributed by atoms with Crippen molar-refractivity contribution in [3.8, 4) is 11.3 Å². The van der Waals surface area contributed by atoms with E-state index in [0.717, 1.165) is 5.56 Å². The maximum Gasteiger partial charge on any atom is 0.221 e. The van der Waals surface area contributed by atoms with Crippen LogP contribution in [0.2, 0.25) is 0 Å². The van der Waals surface area contributed by atoms with E-state index >= 15 is 0 Å². The molecule has 1 aromatic heterocycles. The maximum absolute atomic E-state index is 13.3. The fourth-order valence-electron chi connectivity index (χ4n) is 1.93. The first-order valence-electron chi connectivity index (χ1n) is 5.52. The van der Waals surface area contributed by atoms with Crippen molar-refractivity contribution in [1.82, 2.24) is 9.97 Å². The van der Waals surface area contributed by atoms with Crippen molar-refractivity contribution < 1.29 is 4.39 Å². The van der Waals surface area contributed by atoms with Crippen LogP contribution in [0, 0.1) is 5.82 Å². The van der Waals surface area contributed by atoms with Gasteiger partial charge < -0.3 is 5.73 Å². The molecule has 0 aliphatic heterocycles. The molecule has 1 heterocycles. The molecule has 0 fully saturated rings. The minimum atomic E-state index is -0.312. The fraction of sp³-hybridized carbons (Fsp3) is 0. The number of halogens is 1. The van der Waals surface area contributed by atoms with Crippen LogP contribution in [-0.4, -0.2) is 9.97 Å². The summed E-state index contributed by atoms with van der Waals surface area (Å²) in [5.41, 5.74) is 7.87. The molecule has 3 nitrogen and oxygen atoms in total. The summed E-state index contributed by atoms with van der Waals surface area (Å²) in [5.74, 6) is -0.124. The Kier molecular flexibility index (Phi) is 2.41. The summed E-state index contributed by atoms with van der Waals surface area (Å²) in [7, 11) is 0. The van der Waals surface area contributed by atoms with Gasteiger partial charge in [0.1, 0.15) is 5.82 Å². The minimum Gasteiger partial charge on any atom is -0.368 e. The van der Waals surface area contributed by atoms with Crippen LogP contribution in [0.1, 0.15) is 0 Å². The molecule has 2 aromatic carbocycles. The molecule has 18 heavy (non-hydrogen) atoms. The molecular weight excluding hydrogens is 229 g/mol. The van der Waals surface area contributed by atoms with Gasteiger partial charge >= 0.3 is 0 Å². The molecule has 0 radical (unpaired) electrons. The van der Waals surface area contributed by atoms with Crippen LogP contribution in [0.4, 0.5) is 10.3 Å². The van der Waals surface area contributed by atoms with Gasteiger partial charge in [-0.3, -0.25) is 0 Å². The van der Waals surface area contributed by atoms with Crippen molar-refractivity contribution in [2.75, 3.05) is 5.73 Å². The Bertz CT molecular complexity index is 711. The first-order chi connectivity index (χ1) is 8.74. The van der Waals surface area contributed by atoms with Gasteiger partial charge in [0, 0.05) is 10.9 Å². The van der Waals surface area contributed by atoms with Gasteiger partial charge in [0.2, 0.25) is 5.95 Å². The van der Waals surface area contributed by atoms with Gasteiger partial charge in [-0.2, -0.15) is 0 Å². The summed E-state index contributed by atoms with van der Waals surface area (Å²) >= 11 is 0. The molecule has 88 valence electrons. The van der Waals surface area contributed by atoms with E-state index in [1.165, 1.54) is 12.1 Å². The predicted molar refractivity (Wildman–Crippen MR) is 69.3 cm³/mol. The summed E-state index contributed by atoms with van der Waals surface area (Å²) in [6.45, 7) is 0. The number of aromatic nitrogens is 2. The molecule has 0 aliphatic rings. The molecule has 0 bridgehead atoms. The van der Waals surface area contributed by atoms with E-state index in [2.05, 4.69) is 9.97 Å². The zero-order valence-corrected chi connectivity index (χ0v) is 9.47. The Morgan fingerprint density at radius 3 is 2.50 bits per heavy atom. The van der Waals surface area contributed by atoms with Crippen LogP contribution in [-0.2, 0) is 0 Å². The van der Waals surface area contributed by atoms with Gasteiger partial charge in [-0.15, -0.1) is 0 Å². The standard InChI is InChI=1S/C14H10FN3/c15-10-6-7-12-11(8-10)13(18-14(16)17-12)9-4-2-1-3-5-9/h1-8H,(H2,16,17,18). The van der Waals surface area contributed by atoms with E-state index < -0.39 is 0 Å². The number of benzene rings is 2. The third kappa shape index (κ3) is 1.78. The van der Waals surface area contributed by atoms with Crippen molar-refractivity contribution >= 4 is 16.9 Å². The van der Waals surface area contributed by atoms with Crippen molar-refractivity contribution in [3.63, 3.8) is 0 Å². The molecule has 2 N–H and O–H groups in total. The number of fused-ring (bicyclic) bond motifs is 1. The lowest BCUT2D eigenvalue weighted by molar-refractivity contribution is 0.629. The second-order valence-electron chi connectivity index (χ2n) is 3.96. The zero-order valence-electron chi connectivity index (χ0n) is 9.47. The summed E-state index contributed by atoms with van der Waals surface area (Å²) < 4.78 is 13.3. The van der Waals surface area contributed by atoms with Crippen LogP contribution in [0.5, 0.6) is 0 Å². The van der Waals surface area contributed by atoms with E-state index in [1.54, 1.807) is 6.07 Å². The Hall–Kier alpha value is -2.49. The molecule has 0 aliphatic carbocycles. The average molecular weight is 239 g/mol. The smallest absolute Gasteiger partial charge is 0.221 e. The number of hydrogen-bond donors (Lipinski definition) is 1. The summed E-state index contributed by atoms with van der Waals surface area (Å²) in [4.78, 5) is 8.32. The van der Waals surface area contributed by atoms with Crippen molar-refractivity contribution in [2.24, 2.45) is 0 Å². The number of nitrogen functional groups attached to an aromatic ring is 1. The van der Waals surface area contributed by atoms with E-state index in [1.807, 2.05) is 30.3 Å². The molecule has 3 rings (SSSR count). The highest BCUT2D eigenvalue weighted by molar-refractivity contribution is 5.93. The van der Waals surface area contributed by atoms with Gasteiger partial charge in [-0.1, -0.05) is 30.3 Å². The number of nitrogens with zero attached hydrogens (tertiary/aromatic N) is 2. The summed E-state index contributed by atoms with van der Waals surface area (Å²) in [6, 6.07) is 13.9. The van der Waals surface area contributed by atoms with Gasteiger partial charge in [-0.25, -0.2) is 14.4 Å². The molecule has 3 aromatic rings. The highest BCUT2D eigenvalue weighted by Gasteiger charge is 2.09. The molecule has 0 saturated heterocycles. The van der Waals surface area contributed by atoms with Gasteiger partial charge in [0.25, 0.3) is 0 Å². The lowest BCUT2D eigenvalue weighted by atomic mass is 10.1. The quantitative estimate of drug-likeness (QED) is 0.710. The Morgan fingerprint density at radius 1 is 0.944 bits per heavy atom. The van der Waals surface area contributed by atoms with E-state index in [-0.39, 0.29) is 11.8 Å². The monoisotopic (exact) mass is 239 g/mol. The second-order valence-corrected chi connectivity index (χ2v) is 3.96. The van der Waals surface area contributed by atoms with Crippen LogP contribution < -0.4 is 5.73 Å². The average Bonchev–Trinajstić information content (AvgIpc) is 2.39. The van der Waals surface area contributed by atoms with E-state index in [0.29, 0.717) is 16.6 Å². The highest BCUT2D eigenvalue weighted by Crippen LogP contribution is 2.26. The predicted octanol–water partition coefficient (Wildman–Crippen LogP) is 3.02. The van der Waals surface area contributed by atoms with Gasteiger partial charge in [0.15, 0.2) is 0 Å². The van der Waals surface area contributed by atoms with E-state index in [4.69, 9.17) is 5.73 Å². The Morgan fingerprint density at radius 2 is 1.72 bits per heavy atom. The van der Waals surface area contributed by atoms with Crippen molar-refractivity contribution in [2.45, 2.75) is 0 Å². The van der Waals surface area contributed by atoms with Crippen LogP contribution in [0.3, 0.4) is 0 Å².